The fraction of sp³-hybridized carbons (Fsp3) is 0.667. The number of rotatable bonds is 1. The Bertz CT molecular complexity index is 764. The van der Waals surface area contributed by atoms with Crippen LogP contribution in [0.15, 0.2) is 18.2 Å². The van der Waals surface area contributed by atoms with Gasteiger partial charge in [-0.2, -0.15) is 0 Å². The lowest BCUT2D eigenvalue weighted by molar-refractivity contribution is -0.539. The Morgan fingerprint density at radius 3 is 1.83 bits per heavy atom. The Morgan fingerprint density at radius 1 is 0.833 bits per heavy atom. The quantitative estimate of drug-likeness (QED) is 0.503. The highest BCUT2D eigenvalue weighted by atomic mass is 16.6. The number of nitrogens with zero attached hydrogens (tertiary/aromatic N) is 2. The van der Waals surface area contributed by atoms with Crippen LogP contribution in [0.3, 0.4) is 0 Å². The van der Waals surface area contributed by atoms with Crippen LogP contribution in [0.25, 0.3) is 0 Å². The highest BCUT2D eigenvalue weighted by molar-refractivity contribution is 5.96. The van der Waals surface area contributed by atoms with Gasteiger partial charge in [0, 0.05) is 5.21 Å². The molecular weight excluding hydrogens is 392 g/mol. The molecule has 9 heteroatoms. The molecule has 2 aliphatic heterocycles. The Hall–Kier alpha value is -2.07. The van der Waals surface area contributed by atoms with Crippen molar-refractivity contribution in [3.8, 4) is 11.5 Å². The number of amidine groups is 1. The molecule has 0 atom stereocenters. The second-order valence-electron chi connectivity index (χ2n) is 8.23. The predicted molar refractivity (Wildman–Crippen MR) is 108 cm³/mol. The average Bonchev–Trinajstić information content (AvgIpc) is 2.82. The second-order valence-corrected chi connectivity index (χ2v) is 8.23. The number of hydroxylamine groups is 3. The molecule has 0 N–H and O–H groups in total. The van der Waals surface area contributed by atoms with E-state index in [1.165, 1.54) is 0 Å². The van der Waals surface area contributed by atoms with Crippen molar-refractivity contribution in [1.29, 1.82) is 0 Å². The fourth-order valence-corrected chi connectivity index (χ4v) is 3.19. The van der Waals surface area contributed by atoms with Gasteiger partial charge in [-0.05, 0) is 45.9 Å². The number of benzene rings is 1. The molecule has 0 spiro atoms. The van der Waals surface area contributed by atoms with Gasteiger partial charge in [0.25, 0.3) is 0 Å². The van der Waals surface area contributed by atoms with Crippen LogP contribution >= 0.6 is 0 Å². The summed E-state index contributed by atoms with van der Waals surface area (Å²) < 4.78 is 28.8. The van der Waals surface area contributed by atoms with Crippen LogP contribution < -0.4 is 9.47 Å². The lowest BCUT2D eigenvalue weighted by atomic mass is 9.84. The molecule has 0 amide bonds. The lowest BCUT2D eigenvalue weighted by Crippen LogP contribution is -2.53. The number of ether oxygens (including phenoxy) is 5. The minimum absolute atomic E-state index is 0.0593. The summed E-state index contributed by atoms with van der Waals surface area (Å²) in [5.41, 5.74) is -1.30. The van der Waals surface area contributed by atoms with E-state index in [1.807, 2.05) is 0 Å². The zero-order valence-electron chi connectivity index (χ0n) is 18.1. The van der Waals surface area contributed by atoms with E-state index < -0.39 is 11.1 Å². The molecule has 1 aromatic rings. The van der Waals surface area contributed by atoms with E-state index in [9.17, 15) is 10.4 Å². The van der Waals surface area contributed by atoms with Crippen LogP contribution in [0.1, 0.15) is 33.3 Å². The van der Waals surface area contributed by atoms with Gasteiger partial charge in [0.15, 0.2) is 17.0 Å². The maximum absolute atomic E-state index is 12.9. The summed E-state index contributed by atoms with van der Waals surface area (Å²) in [5.74, 6) is 1.02. The molecule has 30 heavy (non-hydrogen) atoms. The molecule has 0 bridgehead atoms. The van der Waals surface area contributed by atoms with Gasteiger partial charge in [-0.25, -0.2) is 0 Å². The Labute approximate surface area is 177 Å². The highest BCUT2D eigenvalue weighted by Crippen LogP contribution is 2.38. The van der Waals surface area contributed by atoms with E-state index in [1.54, 1.807) is 45.9 Å². The van der Waals surface area contributed by atoms with Gasteiger partial charge in [0.05, 0.1) is 45.2 Å². The Morgan fingerprint density at radius 2 is 1.33 bits per heavy atom. The maximum Gasteiger partial charge on any atom is 0.316 e. The zero-order valence-corrected chi connectivity index (χ0v) is 18.1. The number of fused-ring (bicyclic) bond motifs is 1. The zero-order chi connectivity index (χ0) is 21.8. The second kappa shape index (κ2) is 9.38. The molecule has 1 aromatic carbocycles. The fourth-order valence-electron chi connectivity index (χ4n) is 3.19. The molecule has 9 nitrogen and oxygen atoms in total. The van der Waals surface area contributed by atoms with Gasteiger partial charge in [0.2, 0.25) is 0 Å². The van der Waals surface area contributed by atoms with Crippen molar-refractivity contribution in [2.75, 3.05) is 52.9 Å². The minimum Gasteiger partial charge on any atom is -0.714 e. The maximum atomic E-state index is 12.9. The van der Waals surface area contributed by atoms with E-state index in [0.717, 1.165) is 9.80 Å². The summed E-state index contributed by atoms with van der Waals surface area (Å²) >= 11 is 0. The van der Waals surface area contributed by atoms with Crippen LogP contribution in [0.2, 0.25) is 0 Å². The summed E-state index contributed by atoms with van der Waals surface area (Å²) in [6.45, 7) is 10.4. The van der Waals surface area contributed by atoms with Crippen molar-refractivity contribution in [2.24, 2.45) is 0 Å². The molecule has 1 radical (unpaired) electrons. The predicted octanol–water partition coefficient (Wildman–Crippen LogP) is 1.98. The minimum atomic E-state index is -0.889. The van der Waals surface area contributed by atoms with Crippen LogP contribution in [-0.4, -0.2) is 79.6 Å². The first-order valence-electron chi connectivity index (χ1n) is 10.2. The first-order valence-corrected chi connectivity index (χ1v) is 10.2. The highest BCUT2D eigenvalue weighted by Gasteiger charge is 2.60. The first-order chi connectivity index (χ1) is 14.3. The molecule has 3 rings (SSSR count). The lowest BCUT2D eigenvalue weighted by Gasteiger charge is -2.32. The Balaban J connectivity index is 1.85. The van der Waals surface area contributed by atoms with Gasteiger partial charge in [-0.15, -0.1) is 0 Å². The summed E-state index contributed by atoms with van der Waals surface area (Å²) in [7, 11) is 0. The van der Waals surface area contributed by atoms with E-state index in [2.05, 4.69) is 0 Å². The van der Waals surface area contributed by atoms with Crippen molar-refractivity contribution in [3.63, 3.8) is 0 Å². The van der Waals surface area contributed by atoms with Crippen molar-refractivity contribution >= 4 is 5.84 Å². The summed E-state index contributed by atoms with van der Waals surface area (Å²) in [6.07, 6.45) is 0. The monoisotopic (exact) mass is 423 g/mol. The molecule has 2 aliphatic rings. The molecule has 0 aliphatic carbocycles. The first kappa shape index (κ1) is 22.6. The van der Waals surface area contributed by atoms with Crippen molar-refractivity contribution < 1.29 is 33.6 Å². The van der Waals surface area contributed by atoms with Crippen LogP contribution in [0.4, 0.5) is 0 Å². The summed E-state index contributed by atoms with van der Waals surface area (Å²) in [6, 6.07) is 5.07. The standard InChI is InChI=1S/C21H31N2O7/c1-20(2)21(3,4)23(25)19(22(20)24)16-5-6-17-18(15-16)30-14-12-28-10-8-26-7-9-27-11-13-29-17/h5-6,15H,7-14H2,1-4H3. The molecule has 0 saturated heterocycles. The summed E-state index contributed by atoms with van der Waals surface area (Å²) in [4.78, 5) is 0. The van der Waals surface area contributed by atoms with Crippen LogP contribution in [0, 0.1) is 5.21 Å². The molecule has 0 aromatic heterocycles. The molecule has 167 valence electrons. The SMILES string of the molecule is CC1(C)N([O])C(c2ccc3c(c2)OCCOCCOCCOCCO3)=[N+]([O-])C1(C)C. The van der Waals surface area contributed by atoms with Crippen LogP contribution in [0.5, 0.6) is 11.5 Å². The van der Waals surface area contributed by atoms with Crippen LogP contribution in [-0.2, 0) is 19.4 Å². The van der Waals surface area contributed by atoms with E-state index >= 15 is 0 Å². The topological polar surface area (TPSA) is 95.4 Å². The third kappa shape index (κ3) is 4.49. The molecule has 0 fully saturated rings. The Kier molecular flexibility index (Phi) is 7.07. The van der Waals surface area contributed by atoms with E-state index in [0.29, 0.717) is 69.9 Å². The molecule has 0 unspecified atom stereocenters. The summed E-state index contributed by atoms with van der Waals surface area (Å²) in [5, 5.41) is 26.7. The average molecular weight is 423 g/mol. The smallest absolute Gasteiger partial charge is 0.316 e. The van der Waals surface area contributed by atoms with E-state index in [4.69, 9.17) is 23.7 Å². The third-order valence-electron chi connectivity index (χ3n) is 5.81. The van der Waals surface area contributed by atoms with Gasteiger partial charge in [-0.1, -0.05) is 5.06 Å². The van der Waals surface area contributed by atoms with Gasteiger partial charge < -0.3 is 28.9 Å². The van der Waals surface area contributed by atoms with Gasteiger partial charge in [-0.3, -0.25) is 4.74 Å². The largest absolute Gasteiger partial charge is 0.714 e. The van der Waals surface area contributed by atoms with E-state index in [-0.39, 0.29) is 5.84 Å². The van der Waals surface area contributed by atoms with Gasteiger partial charge >= 0.3 is 5.84 Å². The number of hydrogen-bond acceptors (Lipinski definition) is 7. The normalized spacial score (nSPS) is 23.0. The third-order valence-corrected chi connectivity index (χ3v) is 5.81. The molecule has 2 heterocycles. The van der Waals surface area contributed by atoms with Crippen molar-refractivity contribution in [3.05, 3.63) is 29.0 Å². The van der Waals surface area contributed by atoms with Crippen molar-refractivity contribution in [1.82, 2.24) is 5.06 Å². The van der Waals surface area contributed by atoms with Crippen molar-refractivity contribution in [2.45, 2.75) is 38.8 Å². The molecular formula is C21H31N2O7. The molecule has 0 saturated carbocycles. The number of hydrogen-bond donors (Lipinski definition) is 0. The van der Waals surface area contributed by atoms with Gasteiger partial charge in [0.1, 0.15) is 18.8 Å².